The molecule has 6 nitrogen and oxygen atoms in total. The highest BCUT2D eigenvalue weighted by Gasteiger charge is 2.12. The Hall–Kier alpha value is -1.82. The summed E-state index contributed by atoms with van der Waals surface area (Å²) in [7, 11) is 1.30. The van der Waals surface area contributed by atoms with E-state index in [1.165, 1.54) is 31.4 Å². The topological polar surface area (TPSA) is 81.5 Å². The monoisotopic (exact) mass is 260 g/mol. The minimum absolute atomic E-state index is 0. The molecule has 0 saturated heterocycles. The Morgan fingerprint density at radius 3 is 2.35 bits per heavy atom. The molecule has 0 spiro atoms. The van der Waals surface area contributed by atoms with Crippen molar-refractivity contribution in [2.75, 3.05) is 12.4 Å². The second kappa shape index (κ2) is 6.70. The van der Waals surface area contributed by atoms with Gasteiger partial charge >= 0.3 is 5.97 Å². The third kappa shape index (κ3) is 4.28. The van der Waals surface area contributed by atoms with Crippen LogP contribution in [0.1, 0.15) is 6.92 Å². The fourth-order valence-electron chi connectivity index (χ4n) is 1.17. The van der Waals surface area contributed by atoms with E-state index in [-0.39, 0.29) is 18.1 Å². The molecular weight excluding hydrogens is 248 g/mol. The lowest BCUT2D eigenvalue weighted by molar-refractivity contribution is -0.384. The molecule has 0 fully saturated rings. The number of anilines is 1. The van der Waals surface area contributed by atoms with Crippen LogP contribution in [0.3, 0.4) is 0 Å². The van der Waals surface area contributed by atoms with E-state index in [0.717, 1.165) is 0 Å². The Kier molecular flexibility index (Phi) is 5.98. The standard InChI is InChI=1S/C10H12N2O4.ClH/c1-7(10(13)16-2)11-8-3-5-9(6-4-8)12(14)15;/h3-7,11H,1-2H3;1H/t7-;/m0./s1. The quantitative estimate of drug-likeness (QED) is 0.509. The molecule has 1 aromatic carbocycles. The van der Waals surface area contributed by atoms with Gasteiger partial charge in [-0.3, -0.25) is 10.1 Å². The highest BCUT2D eigenvalue weighted by Crippen LogP contribution is 2.16. The zero-order chi connectivity index (χ0) is 12.1. The van der Waals surface area contributed by atoms with E-state index in [2.05, 4.69) is 10.1 Å². The van der Waals surface area contributed by atoms with E-state index in [4.69, 9.17) is 0 Å². The average Bonchev–Trinajstić information content (AvgIpc) is 2.28. The summed E-state index contributed by atoms with van der Waals surface area (Å²) in [5.41, 5.74) is 0.639. The number of carbonyl (C=O) groups is 1. The van der Waals surface area contributed by atoms with Crippen molar-refractivity contribution in [2.24, 2.45) is 0 Å². The van der Waals surface area contributed by atoms with E-state index in [1.54, 1.807) is 6.92 Å². The lowest BCUT2D eigenvalue weighted by Crippen LogP contribution is -2.27. The summed E-state index contributed by atoms with van der Waals surface area (Å²) in [6.45, 7) is 1.65. The Bertz CT molecular complexity index is 394. The molecule has 1 rings (SSSR count). The Morgan fingerprint density at radius 2 is 1.94 bits per heavy atom. The normalized spacial score (nSPS) is 10.9. The van der Waals surface area contributed by atoms with Crippen molar-refractivity contribution < 1.29 is 14.5 Å². The van der Waals surface area contributed by atoms with Crippen LogP contribution in [0.15, 0.2) is 24.3 Å². The molecule has 0 bridgehead atoms. The maximum Gasteiger partial charge on any atom is 0.327 e. The fraction of sp³-hybridized carbons (Fsp3) is 0.300. The first-order chi connectivity index (χ1) is 7.54. The van der Waals surface area contributed by atoms with Gasteiger partial charge in [-0.05, 0) is 19.1 Å². The number of nitro benzene ring substituents is 1. The van der Waals surface area contributed by atoms with Crippen LogP contribution in [0.4, 0.5) is 11.4 Å². The molecule has 0 aliphatic carbocycles. The summed E-state index contributed by atoms with van der Waals surface area (Å²) in [6.07, 6.45) is 0. The molecule has 0 heterocycles. The highest BCUT2D eigenvalue weighted by molar-refractivity contribution is 5.85. The molecule has 0 saturated carbocycles. The first kappa shape index (κ1) is 15.2. The summed E-state index contributed by atoms with van der Waals surface area (Å²) in [5.74, 6) is -0.390. The summed E-state index contributed by atoms with van der Waals surface area (Å²) >= 11 is 0. The van der Waals surface area contributed by atoms with Crippen molar-refractivity contribution in [2.45, 2.75) is 13.0 Å². The molecule has 1 atom stereocenters. The van der Waals surface area contributed by atoms with Gasteiger partial charge in [-0.2, -0.15) is 0 Å². The van der Waals surface area contributed by atoms with Crippen molar-refractivity contribution in [1.29, 1.82) is 0 Å². The molecule has 0 aliphatic rings. The number of nitrogens with zero attached hydrogens (tertiary/aromatic N) is 1. The van der Waals surface area contributed by atoms with Crippen LogP contribution >= 0.6 is 12.4 Å². The van der Waals surface area contributed by atoms with Gasteiger partial charge in [-0.1, -0.05) is 0 Å². The molecular formula is C10H13ClN2O4. The van der Waals surface area contributed by atoms with Gasteiger partial charge in [0.05, 0.1) is 12.0 Å². The maximum absolute atomic E-state index is 11.1. The summed E-state index contributed by atoms with van der Waals surface area (Å²) in [6, 6.07) is 5.32. The van der Waals surface area contributed by atoms with Crippen LogP contribution in [0, 0.1) is 10.1 Å². The van der Waals surface area contributed by atoms with E-state index in [9.17, 15) is 14.9 Å². The molecule has 17 heavy (non-hydrogen) atoms. The van der Waals surface area contributed by atoms with Crippen LogP contribution < -0.4 is 5.32 Å². The highest BCUT2D eigenvalue weighted by atomic mass is 35.5. The van der Waals surface area contributed by atoms with Crippen LogP contribution in [-0.2, 0) is 9.53 Å². The largest absolute Gasteiger partial charge is 0.467 e. The molecule has 94 valence electrons. The molecule has 0 aliphatic heterocycles. The van der Waals surface area contributed by atoms with Crippen LogP contribution in [0.5, 0.6) is 0 Å². The van der Waals surface area contributed by atoms with Gasteiger partial charge < -0.3 is 10.1 Å². The number of ether oxygens (including phenoxy) is 1. The number of carbonyl (C=O) groups excluding carboxylic acids is 1. The van der Waals surface area contributed by atoms with E-state index in [1.807, 2.05) is 0 Å². The number of hydrogen-bond acceptors (Lipinski definition) is 5. The number of rotatable bonds is 4. The first-order valence-corrected chi connectivity index (χ1v) is 4.63. The molecule has 1 N–H and O–H groups in total. The number of benzene rings is 1. The fourth-order valence-corrected chi connectivity index (χ4v) is 1.17. The lowest BCUT2D eigenvalue weighted by atomic mass is 10.2. The molecule has 0 aromatic heterocycles. The van der Waals surface area contributed by atoms with E-state index in [0.29, 0.717) is 5.69 Å². The van der Waals surface area contributed by atoms with Gasteiger partial charge in [-0.15, -0.1) is 12.4 Å². The number of nitrogens with one attached hydrogen (secondary N) is 1. The third-order valence-electron chi connectivity index (χ3n) is 2.02. The number of methoxy groups -OCH3 is 1. The summed E-state index contributed by atoms with van der Waals surface area (Å²) < 4.78 is 4.54. The average molecular weight is 261 g/mol. The number of non-ortho nitro benzene ring substituents is 1. The number of nitro groups is 1. The van der Waals surface area contributed by atoms with Crippen molar-refractivity contribution in [1.82, 2.24) is 0 Å². The van der Waals surface area contributed by atoms with E-state index >= 15 is 0 Å². The second-order valence-corrected chi connectivity index (χ2v) is 3.19. The summed E-state index contributed by atoms with van der Waals surface area (Å²) in [4.78, 5) is 21.0. The van der Waals surface area contributed by atoms with Gasteiger partial charge in [0.2, 0.25) is 0 Å². The zero-order valence-corrected chi connectivity index (χ0v) is 10.2. The zero-order valence-electron chi connectivity index (χ0n) is 9.38. The van der Waals surface area contributed by atoms with Gasteiger partial charge in [-0.25, -0.2) is 4.79 Å². The van der Waals surface area contributed by atoms with Crippen molar-refractivity contribution >= 4 is 29.8 Å². The lowest BCUT2D eigenvalue weighted by Gasteiger charge is -2.12. The van der Waals surface area contributed by atoms with Crippen molar-refractivity contribution in [3.8, 4) is 0 Å². The summed E-state index contributed by atoms with van der Waals surface area (Å²) in [5, 5.41) is 13.3. The number of halogens is 1. The Labute approximate surface area is 105 Å². The molecule has 1 aromatic rings. The van der Waals surface area contributed by atoms with E-state index < -0.39 is 16.9 Å². The molecule has 0 amide bonds. The number of hydrogen-bond donors (Lipinski definition) is 1. The van der Waals surface area contributed by atoms with Gasteiger partial charge in [0.15, 0.2) is 0 Å². The molecule has 7 heteroatoms. The predicted molar refractivity (Wildman–Crippen MR) is 65.4 cm³/mol. The van der Waals surface area contributed by atoms with Gasteiger partial charge in [0, 0.05) is 17.8 Å². The van der Waals surface area contributed by atoms with Crippen LogP contribution in [-0.4, -0.2) is 24.0 Å². The Balaban J connectivity index is 0.00000256. The number of esters is 1. The minimum atomic E-state index is -0.494. The SMILES string of the molecule is COC(=O)[C@H](C)Nc1ccc([N+](=O)[O-])cc1.Cl. The van der Waals surface area contributed by atoms with Crippen molar-refractivity contribution in [3.63, 3.8) is 0 Å². The van der Waals surface area contributed by atoms with Crippen molar-refractivity contribution in [3.05, 3.63) is 34.4 Å². The Morgan fingerprint density at radius 1 is 1.41 bits per heavy atom. The van der Waals surface area contributed by atoms with Crippen LogP contribution in [0.25, 0.3) is 0 Å². The van der Waals surface area contributed by atoms with Crippen LogP contribution in [0.2, 0.25) is 0 Å². The third-order valence-corrected chi connectivity index (χ3v) is 2.02. The predicted octanol–water partition coefficient (Wildman–Crippen LogP) is 1.99. The maximum atomic E-state index is 11.1. The molecule has 0 unspecified atom stereocenters. The first-order valence-electron chi connectivity index (χ1n) is 4.63. The smallest absolute Gasteiger partial charge is 0.327 e. The second-order valence-electron chi connectivity index (χ2n) is 3.19. The minimum Gasteiger partial charge on any atom is -0.467 e. The van der Waals surface area contributed by atoms with Gasteiger partial charge in [0.1, 0.15) is 6.04 Å². The van der Waals surface area contributed by atoms with Gasteiger partial charge in [0.25, 0.3) is 5.69 Å². The molecule has 0 radical (unpaired) electrons.